The highest BCUT2D eigenvalue weighted by atomic mass is 16.5. The van der Waals surface area contributed by atoms with Gasteiger partial charge in [-0.1, -0.05) is 5.16 Å². The van der Waals surface area contributed by atoms with Crippen LogP contribution in [0.25, 0.3) is 11.3 Å². The van der Waals surface area contributed by atoms with E-state index < -0.39 is 5.97 Å². The Bertz CT molecular complexity index is 902. The molecule has 8 nitrogen and oxygen atoms in total. The second-order valence-electron chi connectivity index (χ2n) is 6.19. The van der Waals surface area contributed by atoms with E-state index in [1.165, 1.54) is 0 Å². The van der Waals surface area contributed by atoms with E-state index in [1.807, 2.05) is 11.0 Å². The monoisotopic (exact) mass is 354 g/mol. The summed E-state index contributed by atoms with van der Waals surface area (Å²) in [6.07, 6.45) is 2.62. The van der Waals surface area contributed by atoms with Crippen LogP contribution < -0.4 is 9.64 Å². The summed E-state index contributed by atoms with van der Waals surface area (Å²) in [5.74, 6) is 0.509. The van der Waals surface area contributed by atoms with Gasteiger partial charge in [0.05, 0.1) is 7.11 Å². The number of ether oxygens (including phenoxy) is 1. The van der Waals surface area contributed by atoms with Gasteiger partial charge < -0.3 is 19.3 Å². The summed E-state index contributed by atoms with van der Waals surface area (Å²) in [6, 6.07) is 8.97. The number of anilines is 1. The molecular weight excluding hydrogens is 336 g/mol. The summed E-state index contributed by atoms with van der Waals surface area (Å²) < 4.78 is 10.6. The maximum Gasteiger partial charge on any atom is 0.343 e. The van der Waals surface area contributed by atoms with Gasteiger partial charge in [0.1, 0.15) is 5.75 Å². The molecule has 0 bridgehead atoms. The van der Waals surface area contributed by atoms with Gasteiger partial charge in [-0.2, -0.15) is 5.10 Å². The number of carboxylic acid groups (broad SMARTS) is 1. The summed E-state index contributed by atoms with van der Waals surface area (Å²) in [5.41, 5.74) is 1.77. The second kappa shape index (κ2) is 6.55. The van der Waals surface area contributed by atoms with E-state index in [0.717, 1.165) is 12.1 Å². The van der Waals surface area contributed by atoms with E-state index in [4.69, 9.17) is 9.26 Å². The Kier molecular flexibility index (Phi) is 4.08. The number of carboxylic acids is 1. The third-order valence-electron chi connectivity index (χ3n) is 4.69. The number of hydrogen-bond donors (Lipinski definition) is 2. The van der Waals surface area contributed by atoms with Gasteiger partial charge in [-0.05, 0) is 36.8 Å². The molecular formula is C18H18N4O4. The number of rotatable bonds is 5. The maximum absolute atomic E-state index is 11.9. The van der Waals surface area contributed by atoms with Crippen LogP contribution in [-0.4, -0.2) is 46.6 Å². The van der Waals surface area contributed by atoms with Gasteiger partial charge in [-0.25, -0.2) is 4.79 Å². The summed E-state index contributed by atoms with van der Waals surface area (Å²) in [4.78, 5) is 13.8. The Morgan fingerprint density at radius 2 is 2.15 bits per heavy atom. The number of aromatic nitrogens is 3. The number of aromatic amines is 1. The molecule has 1 atom stereocenters. The molecule has 1 unspecified atom stereocenters. The fraction of sp³-hybridized carbons (Fsp3) is 0.278. The average Bonchev–Trinajstić information content (AvgIpc) is 3.40. The lowest BCUT2D eigenvalue weighted by molar-refractivity contribution is 0.0698. The molecule has 0 radical (unpaired) electrons. The van der Waals surface area contributed by atoms with Crippen LogP contribution in [0, 0.1) is 0 Å². The quantitative estimate of drug-likeness (QED) is 0.726. The summed E-state index contributed by atoms with van der Waals surface area (Å²) in [5, 5.41) is 20.8. The van der Waals surface area contributed by atoms with Crippen molar-refractivity contribution in [3.63, 3.8) is 0 Å². The van der Waals surface area contributed by atoms with Crippen molar-refractivity contribution in [1.82, 2.24) is 15.4 Å². The first kappa shape index (κ1) is 16.2. The van der Waals surface area contributed by atoms with Gasteiger partial charge in [0, 0.05) is 36.5 Å². The molecule has 134 valence electrons. The van der Waals surface area contributed by atoms with Crippen LogP contribution in [0.3, 0.4) is 0 Å². The van der Waals surface area contributed by atoms with Gasteiger partial charge in [0.2, 0.25) is 0 Å². The zero-order chi connectivity index (χ0) is 18.1. The zero-order valence-corrected chi connectivity index (χ0v) is 14.2. The lowest BCUT2D eigenvalue weighted by Crippen LogP contribution is -2.22. The van der Waals surface area contributed by atoms with Crippen LogP contribution in [0.15, 0.2) is 41.1 Å². The molecule has 0 aliphatic carbocycles. The summed E-state index contributed by atoms with van der Waals surface area (Å²) >= 11 is 0. The highest BCUT2D eigenvalue weighted by Gasteiger charge is 2.32. The summed E-state index contributed by atoms with van der Waals surface area (Å²) in [6.45, 7) is 1.37. The summed E-state index contributed by atoms with van der Waals surface area (Å²) in [7, 11) is 1.58. The SMILES string of the molecule is COc1ccc(-c2onc(N3CCC(c4ccn[nH]4)C3)c2C(=O)O)cc1. The Morgan fingerprint density at radius 1 is 1.35 bits per heavy atom. The number of benzene rings is 1. The van der Waals surface area contributed by atoms with Crippen LogP contribution in [0.4, 0.5) is 5.82 Å². The first-order chi connectivity index (χ1) is 12.7. The largest absolute Gasteiger partial charge is 0.497 e. The highest BCUT2D eigenvalue weighted by Crippen LogP contribution is 2.36. The molecule has 3 heterocycles. The average molecular weight is 354 g/mol. The van der Waals surface area contributed by atoms with Crippen LogP contribution in [0.2, 0.25) is 0 Å². The minimum absolute atomic E-state index is 0.0837. The third kappa shape index (κ3) is 2.79. The van der Waals surface area contributed by atoms with Crippen molar-refractivity contribution in [3.05, 3.63) is 47.8 Å². The van der Waals surface area contributed by atoms with Crippen LogP contribution >= 0.6 is 0 Å². The van der Waals surface area contributed by atoms with Crippen molar-refractivity contribution in [2.45, 2.75) is 12.3 Å². The van der Waals surface area contributed by atoms with E-state index in [0.29, 0.717) is 30.2 Å². The van der Waals surface area contributed by atoms with Gasteiger partial charge in [-0.3, -0.25) is 5.10 Å². The van der Waals surface area contributed by atoms with Crippen LogP contribution in [0.5, 0.6) is 5.75 Å². The molecule has 8 heteroatoms. The second-order valence-corrected chi connectivity index (χ2v) is 6.19. The van der Waals surface area contributed by atoms with Crippen molar-refractivity contribution >= 4 is 11.8 Å². The minimum Gasteiger partial charge on any atom is -0.497 e. The molecule has 26 heavy (non-hydrogen) atoms. The molecule has 0 spiro atoms. The van der Waals surface area contributed by atoms with Crippen molar-refractivity contribution < 1.29 is 19.2 Å². The van der Waals surface area contributed by atoms with Crippen molar-refractivity contribution in [1.29, 1.82) is 0 Å². The Balaban J connectivity index is 1.65. The number of methoxy groups -OCH3 is 1. The minimum atomic E-state index is -1.06. The van der Waals surface area contributed by atoms with E-state index in [2.05, 4.69) is 15.4 Å². The van der Waals surface area contributed by atoms with Crippen molar-refractivity contribution in [3.8, 4) is 17.1 Å². The number of nitrogens with zero attached hydrogens (tertiary/aromatic N) is 3. The molecule has 0 amide bonds. The van der Waals surface area contributed by atoms with E-state index in [9.17, 15) is 9.90 Å². The van der Waals surface area contributed by atoms with Crippen molar-refractivity contribution in [2.24, 2.45) is 0 Å². The van der Waals surface area contributed by atoms with E-state index in [1.54, 1.807) is 37.6 Å². The number of H-pyrrole nitrogens is 1. The van der Waals surface area contributed by atoms with Gasteiger partial charge in [-0.15, -0.1) is 0 Å². The first-order valence-electron chi connectivity index (χ1n) is 8.29. The van der Waals surface area contributed by atoms with E-state index in [-0.39, 0.29) is 17.2 Å². The zero-order valence-electron chi connectivity index (χ0n) is 14.2. The molecule has 0 saturated carbocycles. The predicted octanol–water partition coefficient (Wildman–Crippen LogP) is 2.77. The fourth-order valence-electron chi connectivity index (χ4n) is 3.33. The Hall–Kier alpha value is -3.29. The van der Waals surface area contributed by atoms with Crippen molar-refractivity contribution in [2.75, 3.05) is 25.1 Å². The standard InChI is InChI=1S/C18H18N4O4/c1-25-13-4-2-11(3-5-13)16-15(18(23)24)17(21-26-16)22-9-7-12(10-22)14-6-8-19-20-14/h2-6,8,12H,7,9-10H2,1H3,(H,19,20)(H,23,24). The van der Waals surface area contributed by atoms with Gasteiger partial charge in [0.25, 0.3) is 0 Å². The Morgan fingerprint density at radius 3 is 2.81 bits per heavy atom. The smallest absolute Gasteiger partial charge is 0.343 e. The number of hydrogen-bond acceptors (Lipinski definition) is 6. The maximum atomic E-state index is 11.9. The molecule has 1 aliphatic rings. The molecule has 1 aromatic carbocycles. The number of aromatic carboxylic acids is 1. The normalized spacial score (nSPS) is 16.8. The van der Waals surface area contributed by atoms with Crippen LogP contribution in [-0.2, 0) is 0 Å². The molecule has 2 N–H and O–H groups in total. The molecule has 1 saturated heterocycles. The molecule has 1 aliphatic heterocycles. The number of nitrogens with one attached hydrogen (secondary N) is 1. The molecule has 3 aromatic rings. The highest BCUT2D eigenvalue weighted by molar-refractivity contribution is 5.99. The topological polar surface area (TPSA) is 104 Å². The van der Waals surface area contributed by atoms with Crippen LogP contribution in [0.1, 0.15) is 28.4 Å². The number of carbonyl (C=O) groups is 1. The molecule has 1 fully saturated rings. The van der Waals surface area contributed by atoms with Gasteiger partial charge >= 0.3 is 5.97 Å². The fourth-order valence-corrected chi connectivity index (χ4v) is 3.33. The van der Waals surface area contributed by atoms with Gasteiger partial charge in [0.15, 0.2) is 17.1 Å². The molecule has 2 aromatic heterocycles. The lowest BCUT2D eigenvalue weighted by Gasteiger charge is -2.15. The first-order valence-corrected chi connectivity index (χ1v) is 8.29. The van der Waals surface area contributed by atoms with E-state index >= 15 is 0 Å². The Labute approximate surface area is 149 Å². The third-order valence-corrected chi connectivity index (χ3v) is 4.69. The predicted molar refractivity (Wildman–Crippen MR) is 93.6 cm³/mol. The lowest BCUT2D eigenvalue weighted by atomic mass is 10.1. The molecule has 4 rings (SSSR count).